The van der Waals surface area contributed by atoms with Gasteiger partial charge in [0.2, 0.25) is 10.0 Å². The van der Waals surface area contributed by atoms with Crippen LogP contribution in [-0.2, 0) is 20.0 Å². The molecule has 0 heterocycles. The molecule has 158 valence electrons. The normalized spacial score (nSPS) is 16.1. The first kappa shape index (κ1) is 21.7. The highest BCUT2D eigenvalue weighted by Gasteiger charge is 2.29. The number of hydrogen-bond acceptors (Lipinski definition) is 4. The molecule has 1 fully saturated rings. The molecule has 6 nitrogen and oxygen atoms in total. The molecule has 1 aliphatic carbocycles. The zero-order chi connectivity index (χ0) is 21.2. The van der Waals surface area contributed by atoms with Crippen LogP contribution in [0, 0.1) is 11.6 Å². The van der Waals surface area contributed by atoms with E-state index >= 15 is 0 Å². The van der Waals surface area contributed by atoms with E-state index in [1.165, 1.54) is 28.6 Å². The minimum atomic E-state index is -4.37. The van der Waals surface area contributed by atoms with Gasteiger partial charge in [-0.25, -0.2) is 25.6 Å². The highest BCUT2D eigenvalue weighted by atomic mass is 32.2. The van der Waals surface area contributed by atoms with Gasteiger partial charge in [-0.2, -0.15) is 4.31 Å². The van der Waals surface area contributed by atoms with E-state index in [9.17, 15) is 25.6 Å². The van der Waals surface area contributed by atoms with E-state index in [2.05, 4.69) is 4.72 Å². The quantitative estimate of drug-likeness (QED) is 0.736. The van der Waals surface area contributed by atoms with E-state index in [1.807, 2.05) is 0 Å². The number of nitrogens with one attached hydrogen (secondary N) is 1. The lowest BCUT2D eigenvalue weighted by Crippen LogP contribution is -2.38. The van der Waals surface area contributed by atoms with Crippen LogP contribution in [0.1, 0.15) is 32.1 Å². The largest absolute Gasteiger partial charge is 0.280 e. The summed E-state index contributed by atoms with van der Waals surface area (Å²) in [5.74, 6) is -1.98. The lowest BCUT2D eigenvalue weighted by atomic mass is 9.96. The van der Waals surface area contributed by atoms with Crippen LogP contribution < -0.4 is 4.72 Å². The zero-order valence-corrected chi connectivity index (χ0v) is 17.4. The van der Waals surface area contributed by atoms with Gasteiger partial charge in [-0.1, -0.05) is 19.3 Å². The Balaban J connectivity index is 1.80. The monoisotopic (exact) mass is 444 g/mol. The molecule has 0 amide bonds. The molecule has 29 heavy (non-hydrogen) atoms. The Morgan fingerprint density at radius 3 is 2.17 bits per heavy atom. The molecule has 2 aromatic rings. The van der Waals surface area contributed by atoms with Crippen LogP contribution >= 0.6 is 0 Å². The van der Waals surface area contributed by atoms with E-state index < -0.39 is 36.6 Å². The van der Waals surface area contributed by atoms with Gasteiger partial charge in [0.25, 0.3) is 10.0 Å². The first-order valence-electron chi connectivity index (χ1n) is 9.17. The van der Waals surface area contributed by atoms with Gasteiger partial charge in [-0.05, 0) is 55.3 Å². The van der Waals surface area contributed by atoms with Gasteiger partial charge in [0.15, 0.2) is 0 Å². The van der Waals surface area contributed by atoms with Crippen LogP contribution in [0.25, 0.3) is 0 Å². The predicted octanol–water partition coefficient (Wildman–Crippen LogP) is 3.72. The standard InChI is InChI=1S/C19H22F2N2O4S2/c1-23(16-5-3-2-4-6-16)29(26,27)17-10-8-15(9-11-17)22-28(24,25)19-13-14(20)7-12-18(19)21/h7-13,16,22H,2-6H2,1H3. The number of sulfonamides is 2. The smallest absolute Gasteiger partial charge is 0.264 e. The number of benzene rings is 2. The number of hydrogen-bond donors (Lipinski definition) is 1. The average molecular weight is 445 g/mol. The summed E-state index contributed by atoms with van der Waals surface area (Å²) >= 11 is 0. The van der Waals surface area contributed by atoms with Crippen molar-refractivity contribution in [2.75, 3.05) is 11.8 Å². The molecule has 0 unspecified atom stereocenters. The van der Waals surface area contributed by atoms with Crippen molar-refractivity contribution in [1.82, 2.24) is 4.31 Å². The second-order valence-corrected chi connectivity index (χ2v) is 10.7. The van der Waals surface area contributed by atoms with E-state index in [0.717, 1.165) is 44.2 Å². The molecule has 1 N–H and O–H groups in total. The summed E-state index contributed by atoms with van der Waals surface area (Å²) in [5, 5.41) is 0. The third-order valence-electron chi connectivity index (χ3n) is 5.06. The van der Waals surface area contributed by atoms with Gasteiger partial charge in [0.05, 0.1) is 4.90 Å². The van der Waals surface area contributed by atoms with Gasteiger partial charge in [-0.15, -0.1) is 0 Å². The van der Waals surface area contributed by atoms with Crippen LogP contribution in [0.15, 0.2) is 52.3 Å². The Morgan fingerprint density at radius 2 is 1.55 bits per heavy atom. The Kier molecular flexibility index (Phi) is 6.25. The van der Waals surface area contributed by atoms with Crippen LogP contribution in [0.3, 0.4) is 0 Å². The maximum absolute atomic E-state index is 13.8. The second-order valence-electron chi connectivity index (χ2n) is 7.02. The molecular formula is C19H22F2N2O4S2. The van der Waals surface area contributed by atoms with Crippen molar-refractivity contribution in [3.05, 3.63) is 54.1 Å². The lowest BCUT2D eigenvalue weighted by molar-refractivity contribution is 0.286. The first-order valence-corrected chi connectivity index (χ1v) is 12.1. The molecule has 0 aromatic heterocycles. The molecule has 0 saturated heterocycles. The van der Waals surface area contributed by atoms with E-state index in [4.69, 9.17) is 0 Å². The van der Waals surface area contributed by atoms with Crippen molar-refractivity contribution >= 4 is 25.7 Å². The molecule has 1 saturated carbocycles. The van der Waals surface area contributed by atoms with Crippen LogP contribution in [-0.4, -0.2) is 34.2 Å². The van der Waals surface area contributed by atoms with Gasteiger partial charge >= 0.3 is 0 Å². The van der Waals surface area contributed by atoms with Crippen LogP contribution in [0.2, 0.25) is 0 Å². The number of nitrogens with zero attached hydrogens (tertiary/aromatic N) is 1. The minimum Gasteiger partial charge on any atom is -0.280 e. The van der Waals surface area contributed by atoms with Crippen LogP contribution in [0.4, 0.5) is 14.5 Å². The van der Waals surface area contributed by atoms with Crippen molar-refractivity contribution in [2.24, 2.45) is 0 Å². The van der Waals surface area contributed by atoms with Gasteiger partial charge in [0, 0.05) is 18.8 Å². The number of rotatable bonds is 6. The molecule has 0 spiro atoms. The van der Waals surface area contributed by atoms with E-state index in [0.29, 0.717) is 6.07 Å². The predicted molar refractivity (Wildman–Crippen MR) is 105 cm³/mol. The van der Waals surface area contributed by atoms with Gasteiger partial charge in [0.1, 0.15) is 16.5 Å². The highest BCUT2D eigenvalue weighted by molar-refractivity contribution is 7.92. The van der Waals surface area contributed by atoms with Gasteiger partial charge in [-0.3, -0.25) is 4.72 Å². The maximum Gasteiger partial charge on any atom is 0.264 e. The molecule has 2 aromatic carbocycles. The van der Waals surface area contributed by atoms with Crippen molar-refractivity contribution in [3.8, 4) is 0 Å². The molecular weight excluding hydrogens is 422 g/mol. The Bertz CT molecular complexity index is 1080. The van der Waals surface area contributed by atoms with E-state index in [-0.39, 0.29) is 16.6 Å². The zero-order valence-electron chi connectivity index (χ0n) is 15.8. The molecule has 1 aliphatic rings. The molecule has 0 aliphatic heterocycles. The fourth-order valence-electron chi connectivity index (χ4n) is 3.40. The van der Waals surface area contributed by atoms with Crippen LogP contribution in [0.5, 0.6) is 0 Å². The number of anilines is 1. The molecule has 3 rings (SSSR count). The average Bonchev–Trinajstić information content (AvgIpc) is 2.70. The molecule has 0 radical (unpaired) electrons. The van der Waals surface area contributed by atoms with Gasteiger partial charge < -0.3 is 0 Å². The van der Waals surface area contributed by atoms with Crippen molar-refractivity contribution in [1.29, 1.82) is 0 Å². The Morgan fingerprint density at radius 1 is 0.931 bits per heavy atom. The summed E-state index contributed by atoms with van der Waals surface area (Å²) in [5.41, 5.74) is 0.0351. The summed E-state index contributed by atoms with van der Waals surface area (Å²) in [6.07, 6.45) is 4.70. The summed E-state index contributed by atoms with van der Waals surface area (Å²) in [6.45, 7) is 0. The molecule has 0 atom stereocenters. The second kappa shape index (κ2) is 8.37. The SMILES string of the molecule is CN(C1CCCCC1)S(=O)(=O)c1ccc(NS(=O)(=O)c2cc(F)ccc2F)cc1. The Hall–Kier alpha value is -2.04. The highest BCUT2D eigenvalue weighted by Crippen LogP contribution is 2.27. The Labute approximate surface area is 169 Å². The molecule has 0 bridgehead atoms. The molecule has 10 heteroatoms. The topological polar surface area (TPSA) is 83.6 Å². The minimum absolute atomic E-state index is 0.0328. The summed E-state index contributed by atoms with van der Waals surface area (Å²) in [4.78, 5) is -0.795. The van der Waals surface area contributed by atoms with Crippen molar-refractivity contribution in [3.63, 3.8) is 0 Å². The first-order chi connectivity index (χ1) is 13.6. The summed E-state index contributed by atoms with van der Waals surface area (Å²) in [6, 6.07) is 7.19. The third-order valence-corrected chi connectivity index (χ3v) is 8.38. The number of halogens is 2. The summed E-state index contributed by atoms with van der Waals surface area (Å²) < 4.78 is 80.9. The lowest BCUT2D eigenvalue weighted by Gasteiger charge is -2.30. The van der Waals surface area contributed by atoms with Crippen molar-refractivity contribution < 1.29 is 25.6 Å². The summed E-state index contributed by atoms with van der Waals surface area (Å²) in [7, 11) is -6.54. The fourth-order valence-corrected chi connectivity index (χ4v) is 5.96. The van der Waals surface area contributed by atoms with Crippen molar-refractivity contribution in [2.45, 2.75) is 47.9 Å². The third kappa shape index (κ3) is 4.76. The maximum atomic E-state index is 13.8. The van der Waals surface area contributed by atoms with E-state index in [1.54, 1.807) is 7.05 Å². The fraction of sp³-hybridized carbons (Fsp3) is 0.368.